The maximum absolute atomic E-state index is 14.3. The van der Waals surface area contributed by atoms with Crippen LogP contribution in [0.1, 0.15) is 71.4 Å². The molecule has 1 spiro atoms. The second-order valence-corrected chi connectivity index (χ2v) is 14.8. The van der Waals surface area contributed by atoms with Gasteiger partial charge in [-0.1, -0.05) is 6.07 Å². The Bertz CT molecular complexity index is 2040. The minimum Gasteiger partial charge on any atom is -0.497 e. The summed E-state index contributed by atoms with van der Waals surface area (Å²) in [4.78, 5) is 53.3. The van der Waals surface area contributed by atoms with Gasteiger partial charge in [0, 0.05) is 24.4 Å². The van der Waals surface area contributed by atoms with Gasteiger partial charge in [-0.3, -0.25) is 4.79 Å². The van der Waals surface area contributed by atoms with Gasteiger partial charge in [0.25, 0.3) is 0 Å². The number of fused-ring (bicyclic) bond motifs is 3. The van der Waals surface area contributed by atoms with E-state index in [1.807, 2.05) is 24.3 Å². The summed E-state index contributed by atoms with van der Waals surface area (Å²) >= 11 is 0. The molecule has 0 bridgehead atoms. The number of hydrogen-bond donors (Lipinski definition) is 1. The van der Waals surface area contributed by atoms with Gasteiger partial charge in [0.05, 0.1) is 30.8 Å². The van der Waals surface area contributed by atoms with Crippen molar-refractivity contribution in [1.82, 2.24) is 19.7 Å². The predicted octanol–water partition coefficient (Wildman–Crippen LogP) is 6.29. The monoisotopic (exact) mass is 683 g/mol. The number of nitrogens with zero attached hydrogens (tertiary/aromatic N) is 6. The second kappa shape index (κ2) is 11.6. The molecule has 0 radical (unpaired) electrons. The summed E-state index contributed by atoms with van der Waals surface area (Å²) < 4.78 is 23.8. The molecular formula is C36H41N7O7. The number of rotatable bonds is 6. The van der Waals surface area contributed by atoms with Crippen molar-refractivity contribution in [3.8, 4) is 11.5 Å². The van der Waals surface area contributed by atoms with Crippen LogP contribution in [0.15, 0.2) is 42.7 Å². The quantitative estimate of drug-likeness (QED) is 0.243. The minimum absolute atomic E-state index is 0.308. The number of hydrogen-bond acceptors (Lipinski definition) is 12. The first-order valence-corrected chi connectivity index (χ1v) is 16.6. The molecule has 2 atom stereocenters. The van der Waals surface area contributed by atoms with Crippen LogP contribution in [0.25, 0.3) is 10.9 Å². The smallest absolute Gasteiger partial charge is 0.435 e. The van der Waals surface area contributed by atoms with Gasteiger partial charge in [-0.25, -0.2) is 24.5 Å². The molecular weight excluding hydrogens is 642 g/mol. The van der Waals surface area contributed by atoms with Crippen molar-refractivity contribution in [2.75, 3.05) is 42.4 Å². The zero-order valence-electron chi connectivity index (χ0n) is 29.5. The van der Waals surface area contributed by atoms with Crippen molar-refractivity contribution < 1.29 is 33.3 Å². The number of imide groups is 1. The zero-order valence-corrected chi connectivity index (χ0v) is 29.5. The third-order valence-electron chi connectivity index (χ3n) is 9.10. The molecule has 14 nitrogen and oxygen atoms in total. The molecule has 1 aliphatic carbocycles. The standard InChI is InChI=1S/C36H41N7O7/c1-34(2,3)49-32(45)42-25-13-11-21(47-7)17-23(25)36(31(42)44)18-24(36)20-10-12-22-26(16-20)43(33(46)50-35(4,5)6)40-28(22)39-29-27(48-8)30(38-19-37-29)41-14-9-15-41/h10-13,16-17,19,24H,9,14-15,18H2,1-8H3,(H,37,38,39,40)/t24-,36-/m0/s1. The van der Waals surface area contributed by atoms with Gasteiger partial charge >= 0.3 is 12.2 Å². The lowest BCUT2D eigenvalue weighted by Crippen LogP contribution is -2.41. The number of carbonyl (C=O) groups is 3. The van der Waals surface area contributed by atoms with E-state index < -0.39 is 28.8 Å². The van der Waals surface area contributed by atoms with E-state index in [0.717, 1.165) is 30.0 Å². The Hall–Kier alpha value is -5.40. The maximum atomic E-state index is 14.3. The topological polar surface area (TPSA) is 150 Å². The normalized spacial score (nSPS) is 19.7. The van der Waals surface area contributed by atoms with Crippen LogP contribution in [0.2, 0.25) is 0 Å². The highest BCUT2D eigenvalue weighted by molar-refractivity contribution is 6.23. The Morgan fingerprint density at radius 2 is 1.62 bits per heavy atom. The molecule has 50 heavy (non-hydrogen) atoms. The van der Waals surface area contributed by atoms with Gasteiger partial charge in [-0.05, 0) is 95.8 Å². The number of amides is 2. The van der Waals surface area contributed by atoms with E-state index in [9.17, 15) is 14.4 Å². The highest BCUT2D eigenvalue weighted by Crippen LogP contribution is 2.67. The fraction of sp³-hybridized carbons (Fsp3) is 0.444. The Labute approximate surface area is 289 Å². The van der Waals surface area contributed by atoms with Gasteiger partial charge in [-0.2, -0.15) is 4.68 Å². The summed E-state index contributed by atoms with van der Waals surface area (Å²) in [5.74, 6) is 1.79. The van der Waals surface area contributed by atoms with E-state index in [2.05, 4.69) is 25.3 Å². The SMILES string of the molecule is COc1ccc2c(c1)[C@]1(C[C@H]1c1ccc3c(Nc4ncnc(N5CCC5)c4OC)nn(C(=O)OC(C)(C)C)c3c1)C(=O)N2C(=O)OC(C)(C)C. The largest absolute Gasteiger partial charge is 0.497 e. The van der Waals surface area contributed by atoms with Crippen LogP contribution < -0.4 is 24.6 Å². The van der Waals surface area contributed by atoms with Gasteiger partial charge < -0.3 is 29.2 Å². The van der Waals surface area contributed by atoms with Gasteiger partial charge in [-0.15, -0.1) is 5.10 Å². The van der Waals surface area contributed by atoms with Crippen molar-refractivity contribution >= 4 is 52.1 Å². The Kier molecular flexibility index (Phi) is 7.68. The van der Waals surface area contributed by atoms with Crippen molar-refractivity contribution in [2.24, 2.45) is 0 Å². The molecule has 2 aromatic carbocycles. The fourth-order valence-electron chi connectivity index (χ4n) is 6.70. The Morgan fingerprint density at radius 3 is 2.26 bits per heavy atom. The van der Waals surface area contributed by atoms with E-state index in [1.165, 1.54) is 11.0 Å². The molecule has 14 heteroatoms. The predicted molar refractivity (Wildman–Crippen MR) is 186 cm³/mol. The van der Waals surface area contributed by atoms with E-state index in [1.54, 1.807) is 67.9 Å². The van der Waals surface area contributed by atoms with Crippen molar-refractivity contribution in [3.63, 3.8) is 0 Å². The molecule has 262 valence electrons. The van der Waals surface area contributed by atoms with E-state index >= 15 is 0 Å². The summed E-state index contributed by atoms with van der Waals surface area (Å²) in [6.45, 7) is 12.4. The Morgan fingerprint density at radius 1 is 0.900 bits per heavy atom. The molecule has 2 aromatic heterocycles. The average Bonchev–Trinajstić information content (AvgIpc) is 3.60. The highest BCUT2D eigenvalue weighted by Gasteiger charge is 2.68. The van der Waals surface area contributed by atoms with Gasteiger partial charge in [0.1, 0.15) is 23.3 Å². The van der Waals surface area contributed by atoms with Crippen molar-refractivity contribution in [1.29, 1.82) is 0 Å². The number of anilines is 4. The maximum Gasteiger partial charge on any atom is 0.435 e. The van der Waals surface area contributed by atoms with Gasteiger partial charge in [0.15, 0.2) is 17.5 Å². The number of ether oxygens (including phenoxy) is 4. The lowest BCUT2D eigenvalue weighted by atomic mass is 9.91. The zero-order chi connectivity index (χ0) is 35.7. The number of aromatic nitrogens is 4. The summed E-state index contributed by atoms with van der Waals surface area (Å²) in [7, 11) is 3.12. The average molecular weight is 684 g/mol. The number of carbonyl (C=O) groups excluding carboxylic acids is 3. The molecule has 0 unspecified atom stereocenters. The lowest BCUT2D eigenvalue weighted by Gasteiger charge is -2.33. The molecule has 2 aliphatic heterocycles. The van der Waals surface area contributed by atoms with Crippen molar-refractivity contribution in [3.05, 3.63) is 53.9 Å². The summed E-state index contributed by atoms with van der Waals surface area (Å²) in [6.07, 6.45) is 1.57. The van der Waals surface area contributed by atoms with Crippen LogP contribution in [0.5, 0.6) is 11.5 Å². The number of nitrogens with one attached hydrogen (secondary N) is 1. The minimum atomic E-state index is -1.02. The number of benzene rings is 2. The summed E-state index contributed by atoms with van der Waals surface area (Å²) in [5.41, 5.74) is -0.184. The molecule has 4 heterocycles. The molecule has 1 N–H and O–H groups in total. The lowest BCUT2D eigenvalue weighted by molar-refractivity contribution is -0.120. The van der Waals surface area contributed by atoms with E-state index in [-0.39, 0.29) is 11.8 Å². The molecule has 2 amide bonds. The fourth-order valence-corrected chi connectivity index (χ4v) is 6.70. The molecule has 1 saturated heterocycles. The molecule has 4 aromatic rings. The molecule has 7 rings (SSSR count). The third-order valence-corrected chi connectivity index (χ3v) is 9.10. The van der Waals surface area contributed by atoms with E-state index in [0.29, 0.717) is 57.5 Å². The first-order valence-electron chi connectivity index (χ1n) is 16.6. The van der Waals surface area contributed by atoms with Crippen LogP contribution in [-0.4, -0.2) is 76.4 Å². The summed E-state index contributed by atoms with van der Waals surface area (Å²) in [5, 5.41) is 8.54. The molecule has 2 fully saturated rings. The van der Waals surface area contributed by atoms with E-state index in [4.69, 9.17) is 18.9 Å². The molecule has 1 saturated carbocycles. The van der Waals surface area contributed by atoms with Crippen LogP contribution in [0.3, 0.4) is 0 Å². The van der Waals surface area contributed by atoms with Crippen LogP contribution in [0.4, 0.5) is 32.7 Å². The van der Waals surface area contributed by atoms with Crippen LogP contribution in [0, 0.1) is 0 Å². The van der Waals surface area contributed by atoms with Crippen LogP contribution >= 0.6 is 0 Å². The first-order chi connectivity index (χ1) is 23.6. The van der Waals surface area contributed by atoms with Gasteiger partial charge in [0.2, 0.25) is 11.7 Å². The number of methoxy groups -OCH3 is 2. The second-order valence-electron chi connectivity index (χ2n) is 14.8. The first kappa shape index (κ1) is 33.1. The Balaban J connectivity index is 1.30. The third kappa shape index (κ3) is 5.52. The summed E-state index contributed by atoms with van der Waals surface area (Å²) in [6, 6.07) is 10.9. The highest BCUT2D eigenvalue weighted by atomic mass is 16.6. The van der Waals surface area contributed by atoms with Crippen LogP contribution in [-0.2, 0) is 19.7 Å². The molecule has 3 aliphatic rings. The van der Waals surface area contributed by atoms with Crippen molar-refractivity contribution in [2.45, 2.75) is 76.9 Å².